The van der Waals surface area contributed by atoms with Crippen LogP contribution in [0.1, 0.15) is 22.5 Å². The highest BCUT2D eigenvalue weighted by Crippen LogP contribution is 2.27. The van der Waals surface area contributed by atoms with Crippen molar-refractivity contribution in [1.82, 2.24) is 5.32 Å². The molecule has 1 aromatic carbocycles. The average molecular weight is 333 g/mol. The molecule has 2 aromatic rings. The minimum absolute atomic E-state index is 0.164. The Balaban J connectivity index is 2.29. The van der Waals surface area contributed by atoms with Crippen LogP contribution in [0, 0.1) is 12.7 Å². The van der Waals surface area contributed by atoms with Crippen LogP contribution in [0.15, 0.2) is 22.6 Å². The van der Waals surface area contributed by atoms with Crippen molar-refractivity contribution in [2.75, 3.05) is 0 Å². The number of halogens is 4. The Hall–Kier alpha value is -2.58. The lowest BCUT2D eigenvalue weighted by molar-refractivity contribution is -0.157. The second-order valence-corrected chi connectivity index (χ2v) is 4.88. The van der Waals surface area contributed by atoms with Crippen molar-refractivity contribution in [3.8, 4) is 0 Å². The number of fused-ring (bicyclic) bond motifs is 1. The number of amides is 1. The zero-order chi connectivity index (χ0) is 17.4. The van der Waals surface area contributed by atoms with E-state index in [0.29, 0.717) is 0 Å². The van der Waals surface area contributed by atoms with Gasteiger partial charge in [0.15, 0.2) is 5.76 Å². The third-order valence-electron chi connectivity index (χ3n) is 3.14. The molecule has 2 rings (SSSR count). The molecular weight excluding hydrogens is 322 g/mol. The fraction of sp³-hybridized carbons (Fsp3) is 0.286. The number of carbonyl (C=O) groups excluding carboxylic acids is 1. The summed E-state index contributed by atoms with van der Waals surface area (Å²) in [4.78, 5) is 22.8. The van der Waals surface area contributed by atoms with E-state index in [4.69, 9.17) is 9.52 Å². The molecule has 0 saturated carbocycles. The van der Waals surface area contributed by atoms with Gasteiger partial charge >= 0.3 is 12.1 Å². The van der Waals surface area contributed by atoms with Crippen molar-refractivity contribution in [3.05, 3.63) is 35.3 Å². The monoisotopic (exact) mass is 333 g/mol. The first kappa shape index (κ1) is 16.8. The van der Waals surface area contributed by atoms with Gasteiger partial charge in [0.1, 0.15) is 17.4 Å². The number of nitrogens with one attached hydrogen (secondary N) is 1. The van der Waals surface area contributed by atoms with Gasteiger partial charge in [-0.2, -0.15) is 13.2 Å². The first-order valence-electron chi connectivity index (χ1n) is 6.37. The lowest BCUT2D eigenvalue weighted by atomic mass is 10.1. The summed E-state index contributed by atoms with van der Waals surface area (Å²) in [5, 5.41) is 10.8. The van der Waals surface area contributed by atoms with Crippen LogP contribution >= 0.6 is 0 Å². The molecule has 0 fully saturated rings. The Labute approximate surface area is 126 Å². The number of benzene rings is 1. The van der Waals surface area contributed by atoms with E-state index in [1.54, 1.807) is 5.32 Å². The fourth-order valence-electron chi connectivity index (χ4n) is 2.07. The van der Waals surface area contributed by atoms with Crippen LogP contribution in [0.3, 0.4) is 0 Å². The molecule has 1 atom stereocenters. The molecule has 0 radical (unpaired) electrons. The molecule has 0 saturated heterocycles. The van der Waals surface area contributed by atoms with Crippen molar-refractivity contribution in [2.24, 2.45) is 0 Å². The van der Waals surface area contributed by atoms with Gasteiger partial charge in [0.25, 0.3) is 5.91 Å². The van der Waals surface area contributed by atoms with Gasteiger partial charge in [0.2, 0.25) is 0 Å². The van der Waals surface area contributed by atoms with Crippen LogP contribution < -0.4 is 5.32 Å². The van der Waals surface area contributed by atoms with Gasteiger partial charge in [-0.25, -0.2) is 9.18 Å². The maximum absolute atomic E-state index is 13.2. The summed E-state index contributed by atoms with van der Waals surface area (Å²) in [5.74, 6) is -3.88. The SMILES string of the molecule is Cc1c(C(=O)NC(CC(F)(F)F)C(=O)O)oc2ccc(F)cc12. The normalized spacial score (nSPS) is 13.1. The quantitative estimate of drug-likeness (QED) is 0.843. The predicted octanol–water partition coefficient (Wildman–Crippen LogP) is 3.02. The number of carbonyl (C=O) groups is 2. The summed E-state index contributed by atoms with van der Waals surface area (Å²) in [5.41, 5.74) is 0.366. The molecule has 1 heterocycles. The summed E-state index contributed by atoms with van der Waals surface area (Å²) in [7, 11) is 0. The minimum atomic E-state index is -4.76. The van der Waals surface area contributed by atoms with Crippen molar-refractivity contribution >= 4 is 22.8 Å². The van der Waals surface area contributed by atoms with Crippen LogP contribution in [0.2, 0.25) is 0 Å². The summed E-state index contributed by atoms with van der Waals surface area (Å²) in [6.07, 6.45) is -6.48. The Bertz CT molecular complexity index is 766. The molecule has 0 aliphatic heterocycles. The molecule has 5 nitrogen and oxygen atoms in total. The minimum Gasteiger partial charge on any atom is -0.480 e. The second-order valence-electron chi connectivity index (χ2n) is 4.88. The molecule has 0 aliphatic rings. The Morgan fingerprint density at radius 1 is 1.35 bits per heavy atom. The number of alkyl halides is 3. The predicted molar refractivity (Wildman–Crippen MR) is 70.5 cm³/mol. The molecule has 1 amide bonds. The third-order valence-corrected chi connectivity index (χ3v) is 3.14. The van der Waals surface area contributed by atoms with E-state index >= 15 is 0 Å². The highest BCUT2D eigenvalue weighted by atomic mass is 19.4. The topological polar surface area (TPSA) is 79.5 Å². The van der Waals surface area contributed by atoms with E-state index in [0.717, 1.165) is 12.1 Å². The van der Waals surface area contributed by atoms with Gasteiger partial charge in [-0.3, -0.25) is 4.79 Å². The summed E-state index contributed by atoms with van der Waals surface area (Å²) >= 11 is 0. The van der Waals surface area contributed by atoms with Crippen LogP contribution in [0.5, 0.6) is 0 Å². The number of aliphatic carboxylic acids is 1. The molecule has 1 unspecified atom stereocenters. The number of carboxylic acids is 1. The Morgan fingerprint density at radius 3 is 2.57 bits per heavy atom. The van der Waals surface area contributed by atoms with Gasteiger partial charge < -0.3 is 14.8 Å². The van der Waals surface area contributed by atoms with E-state index < -0.39 is 36.3 Å². The van der Waals surface area contributed by atoms with Crippen molar-refractivity contribution in [1.29, 1.82) is 0 Å². The van der Waals surface area contributed by atoms with Gasteiger partial charge in [-0.05, 0) is 25.1 Å². The molecule has 0 spiro atoms. The van der Waals surface area contributed by atoms with Gasteiger partial charge in [0, 0.05) is 10.9 Å². The van der Waals surface area contributed by atoms with Crippen LogP contribution in [0.25, 0.3) is 11.0 Å². The third kappa shape index (κ3) is 3.79. The number of furan rings is 1. The molecule has 23 heavy (non-hydrogen) atoms. The molecular formula is C14H11F4NO4. The smallest absolute Gasteiger partial charge is 0.391 e. The molecule has 124 valence electrons. The lowest BCUT2D eigenvalue weighted by Gasteiger charge is -2.15. The summed E-state index contributed by atoms with van der Waals surface area (Å²) < 4.78 is 55.3. The summed E-state index contributed by atoms with van der Waals surface area (Å²) in [6, 6.07) is 1.32. The van der Waals surface area contributed by atoms with Crippen molar-refractivity contribution in [2.45, 2.75) is 25.6 Å². The number of aryl methyl sites for hydroxylation is 1. The Kier molecular flexibility index (Phi) is 4.31. The van der Waals surface area contributed by atoms with Gasteiger partial charge in [-0.1, -0.05) is 0 Å². The first-order valence-corrected chi connectivity index (χ1v) is 6.37. The highest BCUT2D eigenvalue weighted by Gasteiger charge is 2.37. The largest absolute Gasteiger partial charge is 0.480 e. The number of hydrogen-bond donors (Lipinski definition) is 2. The molecule has 0 bridgehead atoms. The zero-order valence-corrected chi connectivity index (χ0v) is 11.7. The first-order chi connectivity index (χ1) is 10.6. The van der Waals surface area contributed by atoms with E-state index in [-0.39, 0.29) is 22.3 Å². The van der Waals surface area contributed by atoms with Crippen LogP contribution in [-0.2, 0) is 4.79 Å². The molecule has 1 aromatic heterocycles. The maximum atomic E-state index is 13.2. The maximum Gasteiger partial charge on any atom is 0.391 e. The zero-order valence-electron chi connectivity index (χ0n) is 11.7. The molecule has 0 aliphatic carbocycles. The average Bonchev–Trinajstić information content (AvgIpc) is 2.73. The van der Waals surface area contributed by atoms with E-state index in [1.165, 1.54) is 13.0 Å². The Morgan fingerprint density at radius 2 is 2.00 bits per heavy atom. The van der Waals surface area contributed by atoms with Gasteiger partial charge in [0.05, 0.1) is 6.42 Å². The van der Waals surface area contributed by atoms with Crippen LogP contribution in [0.4, 0.5) is 17.6 Å². The lowest BCUT2D eigenvalue weighted by Crippen LogP contribution is -2.43. The van der Waals surface area contributed by atoms with Crippen molar-refractivity contribution < 1.29 is 36.7 Å². The van der Waals surface area contributed by atoms with Crippen LogP contribution in [-0.4, -0.2) is 29.2 Å². The number of hydrogen-bond acceptors (Lipinski definition) is 3. The number of rotatable bonds is 4. The standard InChI is InChI=1S/C14H11F4NO4/c1-6-8-4-7(15)2-3-10(8)23-11(6)12(20)19-9(13(21)22)5-14(16,17)18/h2-4,9H,5H2,1H3,(H,19,20)(H,21,22). The number of carboxylic acid groups (broad SMARTS) is 1. The van der Waals surface area contributed by atoms with Crippen molar-refractivity contribution in [3.63, 3.8) is 0 Å². The fourth-order valence-corrected chi connectivity index (χ4v) is 2.07. The molecule has 9 heteroatoms. The van der Waals surface area contributed by atoms with E-state index in [9.17, 15) is 27.2 Å². The highest BCUT2D eigenvalue weighted by molar-refractivity contribution is 6.00. The van der Waals surface area contributed by atoms with E-state index in [1.807, 2.05) is 0 Å². The molecule has 2 N–H and O–H groups in total. The van der Waals surface area contributed by atoms with Gasteiger partial charge in [-0.15, -0.1) is 0 Å². The summed E-state index contributed by atoms with van der Waals surface area (Å²) in [6.45, 7) is 1.42. The van der Waals surface area contributed by atoms with E-state index in [2.05, 4.69) is 0 Å². The second kappa shape index (κ2) is 5.90.